The van der Waals surface area contributed by atoms with Crippen molar-refractivity contribution in [3.8, 4) is 0 Å². The zero-order valence-electron chi connectivity index (χ0n) is 13.9. The summed E-state index contributed by atoms with van der Waals surface area (Å²) in [5.41, 5.74) is 0.226. The standard InChI is InChI=1S/C15H20ClN3O4S2/c1-10(2)8-18(12-5-6-25(22,23)9-12)15(24)17-14-7-11(19(20)21)3-4-13(14)16/h3-4,7,10,12H,5-6,8-9H2,1-2H3,(H,17,24)/t12-/m1/s1. The summed E-state index contributed by atoms with van der Waals surface area (Å²) in [6, 6.07) is 3.85. The van der Waals surface area contributed by atoms with Gasteiger partial charge in [-0.15, -0.1) is 0 Å². The molecular formula is C15H20ClN3O4S2. The molecule has 0 saturated carbocycles. The third-order valence-electron chi connectivity index (χ3n) is 3.87. The summed E-state index contributed by atoms with van der Waals surface area (Å²) in [6.07, 6.45) is 0.513. The topological polar surface area (TPSA) is 92.5 Å². The Morgan fingerprint density at radius 2 is 2.20 bits per heavy atom. The molecule has 0 aromatic heterocycles. The number of sulfone groups is 1. The van der Waals surface area contributed by atoms with Gasteiger partial charge in [-0.2, -0.15) is 0 Å². The number of nitrogens with one attached hydrogen (secondary N) is 1. The maximum Gasteiger partial charge on any atom is 0.271 e. The Balaban J connectivity index is 2.23. The van der Waals surface area contributed by atoms with Crippen molar-refractivity contribution in [2.45, 2.75) is 26.3 Å². The second-order valence-electron chi connectivity index (χ2n) is 6.45. The smallest absolute Gasteiger partial charge is 0.271 e. The monoisotopic (exact) mass is 405 g/mol. The Labute approximate surface area is 157 Å². The van der Waals surface area contributed by atoms with E-state index in [4.69, 9.17) is 23.8 Å². The van der Waals surface area contributed by atoms with Crippen molar-refractivity contribution in [1.82, 2.24) is 4.90 Å². The van der Waals surface area contributed by atoms with Crippen LogP contribution >= 0.6 is 23.8 Å². The van der Waals surface area contributed by atoms with Gasteiger partial charge in [-0.1, -0.05) is 25.4 Å². The molecular weight excluding hydrogens is 386 g/mol. The first-order valence-electron chi connectivity index (χ1n) is 7.81. The number of halogens is 1. The van der Waals surface area contributed by atoms with E-state index in [1.807, 2.05) is 18.7 Å². The average Bonchev–Trinajstić information content (AvgIpc) is 2.86. The molecule has 7 nitrogen and oxygen atoms in total. The molecule has 138 valence electrons. The number of non-ortho nitro benzene ring substituents is 1. The number of thiocarbonyl (C=S) groups is 1. The highest BCUT2D eigenvalue weighted by molar-refractivity contribution is 7.91. The predicted octanol–water partition coefficient (Wildman–Crippen LogP) is 3.09. The Bertz CT molecular complexity index is 783. The summed E-state index contributed by atoms with van der Waals surface area (Å²) in [6.45, 7) is 4.61. The van der Waals surface area contributed by atoms with Gasteiger partial charge in [0.15, 0.2) is 14.9 Å². The van der Waals surface area contributed by atoms with Crippen LogP contribution in [0.1, 0.15) is 20.3 Å². The molecule has 1 heterocycles. The highest BCUT2D eigenvalue weighted by Gasteiger charge is 2.33. The molecule has 0 amide bonds. The number of anilines is 1. The van der Waals surface area contributed by atoms with Gasteiger partial charge < -0.3 is 10.2 Å². The fourth-order valence-corrected chi connectivity index (χ4v) is 4.95. The summed E-state index contributed by atoms with van der Waals surface area (Å²) in [5, 5.41) is 14.5. The molecule has 0 aliphatic carbocycles. The van der Waals surface area contributed by atoms with Gasteiger partial charge in [0, 0.05) is 24.7 Å². The first kappa shape index (κ1) is 19.9. The van der Waals surface area contributed by atoms with Gasteiger partial charge in [-0.3, -0.25) is 10.1 Å². The lowest BCUT2D eigenvalue weighted by atomic mass is 10.1. The van der Waals surface area contributed by atoms with Crippen LogP contribution in [0, 0.1) is 16.0 Å². The van der Waals surface area contributed by atoms with Crippen molar-refractivity contribution >= 4 is 50.1 Å². The molecule has 0 bridgehead atoms. The van der Waals surface area contributed by atoms with E-state index in [2.05, 4.69) is 5.32 Å². The lowest BCUT2D eigenvalue weighted by molar-refractivity contribution is -0.384. The van der Waals surface area contributed by atoms with Crippen LogP contribution in [-0.4, -0.2) is 47.4 Å². The molecule has 0 unspecified atom stereocenters. The van der Waals surface area contributed by atoms with Crippen LogP contribution in [0.2, 0.25) is 5.02 Å². The Morgan fingerprint density at radius 3 is 2.72 bits per heavy atom. The van der Waals surface area contributed by atoms with Crippen LogP contribution in [0.5, 0.6) is 0 Å². The molecule has 0 spiro atoms. The number of hydrogen-bond acceptors (Lipinski definition) is 5. The predicted molar refractivity (Wildman–Crippen MR) is 103 cm³/mol. The summed E-state index contributed by atoms with van der Waals surface area (Å²) in [4.78, 5) is 12.3. The Morgan fingerprint density at radius 1 is 1.52 bits per heavy atom. The highest BCUT2D eigenvalue weighted by atomic mass is 35.5. The van der Waals surface area contributed by atoms with Gasteiger partial charge in [-0.05, 0) is 30.6 Å². The lowest BCUT2D eigenvalue weighted by Crippen LogP contribution is -2.45. The highest BCUT2D eigenvalue weighted by Crippen LogP contribution is 2.28. The lowest BCUT2D eigenvalue weighted by Gasteiger charge is -2.32. The quantitative estimate of drug-likeness (QED) is 0.457. The number of nitro benzene ring substituents is 1. The van der Waals surface area contributed by atoms with Crippen molar-refractivity contribution in [3.63, 3.8) is 0 Å². The van der Waals surface area contributed by atoms with E-state index in [0.717, 1.165) is 0 Å². The number of nitro groups is 1. The number of benzene rings is 1. The molecule has 1 atom stereocenters. The third-order valence-corrected chi connectivity index (χ3v) is 6.29. The first-order chi connectivity index (χ1) is 11.6. The Kier molecular flexibility index (Phi) is 6.23. The molecule has 1 saturated heterocycles. The van der Waals surface area contributed by atoms with Crippen molar-refractivity contribution < 1.29 is 13.3 Å². The van der Waals surface area contributed by atoms with Crippen LogP contribution in [0.15, 0.2) is 18.2 Å². The molecule has 1 N–H and O–H groups in total. The van der Waals surface area contributed by atoms with Gasteiger partial charge in [0.1, 0.15) is 0 Å². The minimum absolute atomic E-state index is 0.0597. The fraction of sp³-hybridized carbons (Fsp3) is 0.533. The van der Waals surface area contributed by atoms with Crippen LogP contribution in [0.25, 0.3) is 0 Å². The van der Waals surface area contributed by atoms with Gasteiger partial charge in [0.2, 0.25) is 0 Å². The first-order valence-corrected chi connectivity index (χ1v) is 10.4. The van der Waals surface area contributed by atoms with E-state index in [0.29, 0.717) is 28.8 Å². The number of nitrogens with zero attached hydrogens (tertiary/aromatic N) is 2. The molecule has 1 aliphatic rings. The Hall–Kier alpha value is -1.45. The number of rotatable bonds is 5. The zero-order chi connectivity index (χ0) is 18.8. The number of hydrogen-bond donors (Lipinski definition) is 1. The van der Waals surface area contributed by atoms with Crippen molar-refractivity contribution in [2.75, 3.05) is 23.4 Å². The normalized spacial score (nSPS) is 19.0. The molecule has 10 heteroatoms. The van der Waals surface area contributed by atoms with Crippen molar-refractivity contribution in [1.29, 1.82) is 0 Å². The summed E-state index contributed by atoms with van der Waals surface area (Å²) < 4.78 is 23.6. The molecule has 1 aliphatic heterocycles. The second kappa shape index (κ2) is 7.84. The third kappa shape index (κ3) is 5.26. The molecule has 2 rings (SSSR count). The summed E-state index contributed by atoms with van der Waals surface area (Å²) in [5.74, 6) is 0.472. The van der Waals surface area contributed by atoms with E-state index in [1.165, 1.54) is 18.2 Å². The van der Waals surface area contributed by atoms with Crippen molar-refractivity contribution in [3.05, 3.63) is 33.3 Å². The largest absolute Gasteiger partial charge is 0.345 e. The SMILES string of the molecule is CC(C)CN(C(=S)Nc1cc([N+](=O)[O-])ccc1Cl)[C@@H]1CCS(=O)(=O)C1. The van der Waals surface area contributed by atoms with Crippen LogP contribution < -0.4 is 5.32 Å². The molecule has 25 heavy (non-hydrogen) atoms. The van der Waals surface area contributed by atoms with E-state index < -0.39 is 14.8 Å². The van der Waals surface area contributed by atoms with E-state index in [-0.39, 0.29) is 29.2 Å². The van der Waals surface area contributed by atoms with Crippen molar-refractivity contribution in [2.24, 2.45) is 5.92 Å². The summed E-state index contributed by atoms with van der Waals surface area (Å²) >= 11 is 11.5. The van der Waals surface area contributed by atoms with Crippen LogP contribution in [0.4, 0.5) is 11.4 Å². The van der Waals surface area contributed by atoms with Crippen LogP contribution in [0.3, 0.4) is 0 Å². The minimum Gasteiger partial charge on any atom is -0.345 e. The van der Waals surface area contributed by atoms with Gasteiger partial charge in [0.05, 0.1) is 27.1 Å². The maximum atomic E-state index is 11.8. The fourth-order valence-electron chi connectivity index (χ4n) is 2.72. The minimum atomic E-state index is -3.05. The van der Waals surface area contributed by atoms with Crippen LogP contribution in [-0.2, 0) is 9.84 Å². The van der Waals surface area contributed by atoms with E-state index in [1.54, 1.807) is 0 Å². The molecule has 1 fully saturated rings. The molecule has 1 aromatic carbocycles. The van der Waals surface area contributed by atoms with Gasteiger partial charge in [-0.25, -0.2) is 8.42 Å². The van der Waals surface area contributed by atoms with Gasteiger partial charge >= 0.3 is 0 Å². The van der Waals surface area contributed by atoms with E-state index >= 15 is 0 Å². The average molecular weight is 406 g/mol. The van der Waals surface area contributed by atoms with E-state index in [9.17, 15) is 18.5 Å². The maximum absolute atomic E-state index is 11.8. The summed E-state index contributed by atoms with van der Waals surface area (Å²) in [7, 11) is -3.05. The van der Waals surface area contributed by atoms with Gasteiger partial charge in [0.25, 0.3) is 5.69 Å². The molecule has 0 radical (unpaired) electrons. The zero-order valence-corrected chi connectivity index (χ0v) is 16.3. The molecule has 1 aromatic rings. The second-order valence-corrected chi connectivity index (χ2v) is 9.48.